The maximum absolute atomic E-state index is 12.7. The van der Waals surface area contributed by atoms with Gasteiger partial charge in [-0.2, -0.15) is 9.61 Å². The van der Waals surface area contributed by atoms with Crippen LogP contribution in [0.1, 0.15) is 29.6 Å². The van der Waals surface area contributed by atoms with Crippen molar-refractivity contribution in [3.05, 3.63) is 35.1 Å². The Morgan fingerprint density at radius 2 is 2.13 bits per heavy atom. The first-order chi connectivity index (χ1) is 15.1. The number of carbonyl (C=O) groups excluding carboxylic acids is 1. The molecule has 3 aromatic rings. The molecule has 2 aliphatic rings. The van der Waals surface area contributed by atoms with Gasteiger partial charge in [0.15, 0.2) is 5.65 Å². The van der Waals surface area contributed by atoms with E-state index in [4.69, 9.17) is 21.1 Å². The van der Waals surface area contributed by atoms with Crippen molar-refractivity contribution in [2.75, 3.05) is 30.9 Å². The maximum Gasteiger partial charge on any atom is 0.257 e. The van der Waals surface area contributed by atoms with Crippen molar-refractivity contribution in [2.24, 2.45) is 0 Å². The van der Waals surface area contributed by atoms with Gasteiger partial charge in [0.2, 0.25) is 5.88 Å². The molecule has 0 aromatic carbocycles. The first-order valence-electron chi connectivity index (χ1n) is 10.1. The molecule has 3 N–H and O–H groups in total. The Morgan fingerprint density at radius 1 is 1.29 bits per heavy atom. The van der Waals surface area contributed by atoms with Gasteiger partial charge in [0.05, 0.1) is 30.5 Å². The summed E-state index contributed by atoms with van der Waals surface area (Å²) in [6.07, 6.45) is 6.41. The molecule has 0 bridgehead atoms. The Hall–Kier alpha value is -3.11. The minimum Gasteiger partial charge on any atom is -0.473 e. The number of ether oxygens (including phenoxy) is 2. The number of amides is 1. The van der Waals surface area contributed by atoms with Gasteiger partial charge in [0.1, 0.15) is 29.0 Å². The summed E-state index contributed by atoms with van der Waals surface area (Å²) in [6, 6.07) is 3.54. The minimum absolute atomic E-state index is 0.0104. The van der Waals surface area contributed by atoms with Gasteiger partial charge in [-0.05, 0) is 25.3 Å². The number of rotatable bonds is 7. The van der Waals surface area contributed by atoms with E-state index >= 15 is 0 Å². The smallest absolute Gasteiger partial charge is 0.257 e. The fraction of sp³-hybridized carbons (Fsp3) is 0.400. The van der Waals surface area contributed by atoms with Gasteiger partial charge in [0.25, 0.3) is 5.91 Å². The number of fused-ring (bicyclic) bond motifs is 1. The zero-order valence-corrected chi connectivity index (χ0v) is 17.6. The SMILES string of the molecule is CNc1cc(Nc2cc(Cl)cnc2OC2CCC2)nc2c(C(=O)NC3COC3)cnn12. The van der Waals surface area contributed by atoms with Crippen LogP contribution in [0.3, 0.4) is 0 Å². The van der Waals surface area contributed by atoms with Crippen LogP contribution in [0.15, 0.2) is 24.5 Å². The zero-order valence-electron chi connectivity index (χ0n) is 16.9. The highest BCUT2D eigenvalue weighted by atomic mass is 35.5. The highest BCUT2D eigenvalue weighted by Crippen LogP contribution is 2.33. The number of carbonyl (C=O) groups is 1. The van der Waals surface area contributed by atoms with Crippen LogP contribution in [-0.4, -0.2) is 57.9 Å². The zero-order chi connectivity index (χ0) is 21.4. The first-order valence-corrected chi connectivity index (χ1v) is 10.5. The van der Waals surface area contributed by atoms with Crippen LogP contribution in [0.5, 0.6) is 5.88 Å². The van der Waals surface area contributed by atoms with Crippen LogP contribution in [0.2, 0.25) is 5.02 Å². The molecular formula is C20H22ClN7O3. The van der Waals surface area contributed by atoms with Crippen LogP contribution in [-0.2, 0) is 4.74 Å². The first kappa shape index (κ1) is 19.8. The average molecular weight is 444 g/mol. The number of nitrogens with one attached hydrogen (secondary N) is 3. The molecule has 1 saturated carbocycles. The molecule has 0 atom stereocenters. The largest absolute Gasteiger partial charge is 0.473 e. The predicted molar refractivity (Wildman–Crippen MR) is 115 cm³/mol. The van der Waals surface area contributed by atoms with Gasteiger partial charge < -0.3 is 25.4 Å². The summed E-state index contributed by atoms with van der Waals surface area (Å²) >= 11 is 6.17. The number of halogens is 1. The van der Waals surface area contributed by atoms with Crippen molar-refractivity contribution in [1.82, 2.24) is 24.9 Å². The van der Waals surface area contributed by atoms with Gasteiger partial charge in [-0.3, -0.25) is 4.79 Å². The van der Waals surface area contributed by atoms with E-state index in [1.807, 2.05) is 0 Å². The molecule has 31 heavy (non-hydrogen) atoms. The number of aromatic nitrogens is 4. The molecule has 5 rings (SSSR count). The summed E-state index contributed by atoms with van der Waals surface area (Å²) in [5.74, 6) is 1.39. The third kappa shape index (κ3) is 3.96. The third-order valence-corrected chi connectivity index (χ3v) is 5.56. The molecular weight excluding hydrogens is 422 g/mol. The van der Waals surface area contributed by atoms with Gasteiger partial charge in [-0.1, -0.05) is 11.6 Å². The Balaban J connectivity index is 1.48. The molecule has 1 aliphatic carbocycles. The Kier molecular flexibility index (Phi) is 5.24. The van der Waals surface area contributed by atoms with Crippen molar-refractivity contribution in [3.63, 3.8) is 0 Å². The molecule has 4 heterocycles. The fourth-order valence-corrected chi connectivity index (χ4v) is 3.50. The number of hydrogen-bond acceptors (Lipinski definition) is 8. The van der Waals surface area contributed by atoms with Crippen LogP contribution in [0.25, 0.3) is 5.65 Å². The Morgan fingerprint density at radius 3 is 2.81 bits per heavy atom. The summed E-state index contributed by atoms with van der Waals surface area (Å²) in [6.45, 7) is 1.02. The summed E-state index contributed by atoms with van der Waals surface area (Å²) in [4.78, 5) is 21.7. The topological polar surface area (TPSA) is 115 Å². The van der Waals surface area contributed by atoms with E-state index in [-0.39, 0.29) is 18.1 Å². The second-order valence-corrected chi connectivity index (χ2v) is 8.02. The molecule has 0 radical (unpaired) electrons. The lowest BCUT2D eigenvalue weighted by Crippen LogP contribution is -2.48. The van der Waals surface area contributed by atoms with E-state index < -0.39 is 0 Å². The summed E-state index contributed by atoms with van der Waals surface area (Å²) in [5, 5.41) is 14.0. The molecule has 10 nitrogen and oxygen atoms in total. The molecule has 0 unspecified atom stereocenters. The monoisotopic (exact) mass is 443 g/mol. The van der Waals surface area contributed by atoms with Crippen molar-refractivity contribution < 1.29 is 14.3 Å². The number of nitrogens with zero attached hydrogens (tertiary/aromatic N) is 4. The predicted octanol–water partition coefficient (Wildman–Crippen LogP) is 2.62. The highest BCUT2D eigenvalue weighted by molar-refractivity contribution is 6.30. The Labute approximate surface area is 183 Å². The quantitative estimate of drug-likeness (QED) is 0.510. The van der Waals surface area contributed by atoms with Crippen LogP contribution in [0.4, 0.5) is 17.3 Å². The summed E-state index contributed by atoms with van der Waals surface area (Å²) in [5.41, 5.74) is 1.40. The molecule has 162 valence electrons. The molecule has 3 aromatic heterocycles. The van der Waals surface area contributed by atoms with E-state index in [0.717, 1.165) is 19.3 Å². The third-order valence-electron chi connectivity index (χ3n) is 5.36. The second kappa shape index (κ2) is 8.20. The van der Waals surface area contributed by atoms with Crippen LogP contribution < -0.4 is 20.7 Å². The molecule has 1 aliphatic heterocycles. The van der Waals surface area contributed by atoms with E-state index in [1.165, 1.54) is 6.20 Å². The van der Waals surface area contributed by atoms with Crippen molar-refractivity contribution in [1.29, 1.82) is 0 Å². The average Bonchev–Trinajstić information content (AvgIpc) is 3.12. The minimum atomic E-state index is -0.242. The lowest BCUT2D eigenvalue weighted by atomic mass is 9.96. The van der Waals surface area contributed by atoms with Crippen LogP contribution >= 0.6 is 11.6 Å². The number of anilines is 3. The highest BCUT2D eigenvalue weighted by Gasteiger charge is 2.25. The van der Waals surface area contributed by atoms with Crippen molar-refractivity contribution in [2.45, 2.75) is 31.4 Å². The van der Waals surface area contributed by atoms with E-state index in [2.05, 4.69) is 31.0 Å². The van der Waals surface area contributed by atoms with Gasteiger partial charge in [-0.15, -0.1) is 0 Å². The molecule has 1 saturated heterocycles. The molecule has 2 fully saturated rings. The van der Waals surface area contributed by atoms with Crippen LogP contribution in [0, 0.1) is 0 Å². The second-order valence-electron chi connectivity index (χ2n) is 7.58. The standard InChI is InChI=1S/C20H22ClN7O3/c1-22-17-6-16(26-15-5-11(21)7-23-20(15)31-13-3-2-4-13)27-18-14(8-24-28(17)18)19(29)25-12-9-30-10-12/h5-8,12-13,22H,2-4,9-10H2,1H3,(H,25,29)(H,26,27). The molecule has 0 spiro atoms. The van der Waals surface area contributed by atoms with Crippen molar-refractivity contribution >= 4 is 40.5 Å². The van der Waals surface area contributed by atoms with E-state index in [1.54, 1.807) is 29.9 Å². The lowest BCUT2D eigenvalue weighted by molar-refractivity contribution is -0.00343. The summed E-state index contributed by atoms with van der Waals surface area (Å²) < 4.78 is 12.7. The van der Waals surface area contributed by atoms with Gasteiger partial charge in [-0.25, -0.2) is 9.97 Å². The molecule has 1 amide bonds. The fourth-order valence-electron chi connectivity index (χ4n) is 3.34. The molecule has 11 heteroatoms. The number of hydrogen-bond donors (Lipinski definition) is 3. The number of pyridine rings is 1. The normalized spacial score (nSPS) is 16.5. The van der Waals surface area contributed by atoms with E-state index in [0.29, 0.717) is 52.7 Å². The lowest BCUT2D eigenvalue weighted by Gasteiger charge is -2.26. The maximum atomic E-state index is 12.7. The van der Waals surface area contributed by atoms with Gasteiger partial charge >= 0.3 is 0 Å². The van der Waals surface area contributed by atoms with Crippen molar-refractivity contribution in [3.8, 4) is 5.88 Å². The van der Waals surface area contributed by atoms with E-state index in [9.17, 15) is 4.79 Å². The summed E-state index contributed by atoms with van der Waals surface area (Å²) in [7, 11) is 1.78. The van der Waals surface area contributed by atoms with Gasteiger partial charge in [0, 0.05) is 19.3 Å². The Bertz CT molecular complexity index is 1130.